The third-order valence-corrected chi connectivity index (χ3v) is 5.28. The quantitative estimate of drug-likeness (QED) is 0.802. The van der Waals surface area contributed by atoms with Gasteiger partial charge in [-0.05, 0) is 39.0 Å². The van der Waals surface area contributed by atoms with Crippen molar-refractivity contribution in [3.8, 4) is 0 Å². The number of amides is 1. The first-order chi connectivity index (χ1) is 8.74. The van der Waals surface area contributed by atoms with Crippen LogP contribution in [0.3, 0.4) is 0 Å². The molecule has 2 rings (SSSR count). The summed E-state index contributed by atoms with van der Waals surface area (Å²) in [5, 5.41) is 7.15. The Hall–Kier alpha value is -0.260. The molecule has 0 aromatic carbocycles. The molecular formula is C13H24N2O2S. The second kappa shape index (κ2) is 6.78. The van der Waals surface area contributed by atoms with Gasteiger partial charge in [0.05, 0.1) is 19.1 Å². The Balaban J connectivity index is 1.77. The second-order valence-electron chi connectivity index (χ2n) is 5.26. The van der Waals surface area contributed by atoms with Crippen LogP contribution in [0.15, 0.2) is 0 Å². The van der Waals surface area contributed by atoms with Gasteiger partial charge in [0.2, 0.25) is 5.91 Å². The number of likely N-dealkylation sites (N-methyl/N-ethyl adjacent to an activating group) is 1. The van der Waals surface area contributed by atoms with Gasteiger partial charge < -0.3 is 15.4 Å². The van der Waals surface area contributed by atoms with Crippen LogP contribution in [0, 0.1) is 5.92 Å². The summed E-state index contributed by atoms with van der Waals surface area (Å²) in [6, 6.07) is 0.548. The summed E-state index contributed by atoms with van der Waals surface area (Å²) in [6.45, 7) is 1.20. The fourth-order valence-electron chi connectivity index (χ4n) is 2.85. The number of thioether (sulfide) groups is 1. The largest absolute Gasteiger partial charge is 0.379 e. The van der Waals surface area contributed by atoms with Crippen molar-refractivity contribution >= 4 is 17.7 Å². The van der Waals surface area contributed by atoms with Crippen molar-refractivity contribution in [2.45, 2.75) is 43.0 Å². The highest BCUT2D eigenvalue weighted by molar-refractivity contribution is 7.99. The Bertz CT molecular complexity index is 280. The van der Waals surface area contributed by atoms with E-state index >= 15 is 0 Å². The molecule has 0 aromatic rings. The van der Waals surface area contributed by atoms with E-state index < -0.39 is 0 Å². The molecule has 2 N–H and O–H groups in total. The van der Waals surface area contributed by atoms with E-state index in [9.17, 15) is 4.79 Å². The molecule has 4 nitrogen and oxygen atoms in total. The molecule has 1 saturated carbocycles. The van der Waals surface area contributed by atoms with Gasteiger partial charge >= 0.3 is 0 Å². The minimum absolute atomic E-state index is 0.0201. The summed E-state index contributed by atoms with van der Waals surface area (Å²) >= 11 is 1.95. The third-order valence-electron chi connectivity index (χ3n) is 4.14. The first kappa shape index (κ1) is 14.2. The van der Waals surface area contributed by atoms with Crippen LogP contribution in [-0.4, -0.2) is 49.8 Å². The Labute approximate surface area is 114 Å². The van der Waals surface area contributed by atoms with Gasteiger partial charge in [0.25, 0.3) is 0 Å². The van der Waals surface area contributed by atoms with E-state index in [1.165, 1.54) is 12.8 Å². The molecule has 1 saturated heterocycles. The normalized spacial score (nSPS) is 36.6. The Kier molecular flexibility index (Phi) is 5.33. The van der Waals surface area contributed by atoms with E-state index in [0.717, 1.165) is 18.1 Å². The Morgan fingerprint density at radius 1 is 1.22 bits per heavy atom. The van der Waals surface area contributed by atoms with Crippen molar-refractivity contribution in [3.63, 3.8) is 0 Å². The van der Waals surface area contributed by atoms with Crippen LogP contribution >= 0.6 is 11.8 Å². The highest BCUT2D eigenvalue weighted by Gasteiger charge is 2.34. The lowest BCUT2D eigenvalue weighted by molar-refractivity contribution is -0.126. The molecule has 2 atom stereocenters. The van der Waals surface area contributed by atoms with Gasteiger partial charge in [0.15, 0.2) is 0 Å². The number of hydrogen-bond donors (Lipinski definition) is 2. The molecule has 0 radical (unpaired) electrons. The lowest BCUT2D eigenvalue weighted by atomic mass is 9.94. The lowest BCUT2D eigenvalue weighted by Gasteiger charge is -2.29. The molecule has 0 aromatic heterocycles. The van der Waals surface area contributed by atoms with E-state index in [1.807, 2.05) is 18.8 Å². The van der Waals surface area contributed by atoms with Crippen molar-refractivity contribution in [2.75, 3.05) is 26.5 Å². The van der Waals surface area contributed by atoms with Gasteiger partial charge in [-0.1, -0.05) is 0 Å². The zero-order valence-corrected chi connectivity index (χ0v) is 12.1. The molecule has 5 heteroatoms. The van der Waals surface area contributed by atoms with Gasteiger partial charge in [-0.15, -0.1) is 0 Å². The van der Waals surface area contributed by atoms with Gasteiger partial charge in [0, 0.05) is 17.3 Å². The third kappa shape index (κ3) is 3.39. The van der Waals surface area contributed by atoms with Crippen LogP contribution in [0.2, 0.25) is 0 Å². The summed E-state index contributed by atoms with van der Waals surface area (Å²) in [4.78, 5) is 12.2. The first-order valence-electron chi connectivity index (χ1n) is 6.82. The summed E-state index contributed by atoms with van der Waals surface area (Å²) in [7, 11) is 1.89. The topological polar surface area (TPSA) is 50.4 Å². The van der Waals surface area contributed by atoms with E-state index in [4.69, 9.17) is 4.74 Å². The summed E-state index contributed by atoms with van der Waals surface area (Å²) in [5.74, 6) is 0.146. The van der Waals surface area contributed by atoms with Crippen LogP contribution in [0.1, 0.15) is 25.7 Å². The highest BCUT2D eigenvalue weighted by atomic mass is 32.2. The maximum absolute atomic E-state index is 12.2. The number of carbonyl (C=O) groups excluding carboxylic acids is 1. The van der Waals surface area contributed by atoms with E-state index in [2.05, 4.69) is 16.9 Å². The minimum atomic E-state index is -0.0201. The van der Waals surface area contributed by atoms with Crippen molar-refractivity contribution in [2.24, 2.45) is 5.92 Å². The van der Waals surface area contributed by atoms with E-state index in [0.29, 0.717) is 19.3 Å². The lowest BCUT2D eigenvalue weighted by Crippen LogP contribution is -2.47. The van der Waals surface area contributed by atoms with Crippen LogP contribution in [0.4, 0.5) is 0 Å². The zero-order valence-electron chi connectivity index (χ0n) is 11.3. The van der Waals surface area contributed by atoms with Gasteiger partial charge in [-0.2, -0.15) is 11.8 Å². The standard InChI is InChI=1S/C13H24N2O2S/c1-14-12-8-17-7-11(12)13(16)15-9-3-5-10(18-2)6-4-9/h9-12,14H,3-8H2,1-2H3,(H,15,16). The zero-order chi connectivity index (χ0) is 13.0. The molecule has 0 spiro atoms. The number of carbonyl (C=O) groups is 1. The maximum Gasteiger partial charge on any atom is 0.227 e. The van der Waals surface area contributed by atoms with Crippen molar-refractivity contribution in [1.82, 2.24) is 10.6 Å². The van der Waals surface area contributed by atoms with Crippen LogP contribution in [-0.2, 0) is 9.53 Å². The molecule has 2 aliphatic rings. The molecule has 104 valence electrons. The molecule has 1 heterocycles. The smallest absolute Gasteiger partial charge is 0.227 e. The number of hydrogen-bond acceptors (Lipinski definition) is 4. The van der Waals surface area contributed by atoms with Crippen LogP contribution in [0.25, 0.3) is 0 Å². The fraction of sp³-hybridized carbons (Fsp3) is 0.923. The summed E-state index contributed by atoms with van der Waals surface area (Å²) in [5.41, 5.74) is 0. The molecule has 1 amide bonds. The van der Waals surface area contributed by atoms with E-state index in [-0.39, 0.29) is 17.9 Å². The van der Waals surface area contributed by atoms with Gasteiger partial charge in [-0.3, -0.25) is 4.79 Å². The SMILES string of the molecule is CNC1COCC1C(=O)NC1CCC(SC)CC1. The monoisotopic (exact) mass is 272 g/mol. The maximum atomic E-state index is 12.2. The van der Waals surface area contributed by atoms with Gasteiger partial charge in [-0.25, -0.2) is 0 Å². The molecule has 2 unspecified atom stereocenters. The predicted octanol–water partition coefficient (Wildman–Crippen LogP) is 1.01. The number of ether oxygens (including phenoxy) is 1. The number of rotatable bonds is 4. The van der Waals surface area contributed by atoms with Crippen molar-refractivity contribution < 1.29 is 9.53 Å². The number of nitrogens with one attached hydrogen (secondary N) is 2. The highest BCUT2D eigenvalue weighted by Crippen LogP contribution is 2.27. The average molecular weight is 272 g/mol. The second-order valence-corrected chi connectivity index (χ2v) is 6.40. The molecular weight excluding hydrogens is 248 g/mol. The minimum Gasteiger partial charge on any atom is -0.379 e. The predicted molar refractivity (Wildman–Crippen MR) is 74.9 cm³/mol. The molecule has 0 bridgehead atoms. The average Bonchev–Trinajstić information content (AvgIpc) is 2.88. The Morgan fingerprint density at radius 3 is 2.56 bits per heavy atom. The molecule has 18 heavy (non-hydrogen) atoms. The summed E-state index contributed by atoms with van der Waals surface area (Å²) in [6.07, 6.45) is 6.87. The van der Waals surface area contributed by atoms with Gasteiger partial charge in [0.1, 0.15) is 0 Å². The molecule has 1 aliphatic heterocycles. The molecule has 2 fully saturated rings. The van der Waals surface area contributed by atoms with Crippen LogP contribution in [0.5, 0.6) is 0 Å². The van der Waals surface area contributed by atoms with E-state index in [1.54, 1.807) is 0 Å². The first-order valence-corrected chi connectivity index (χ1v) is 8.11. The molecule has 1 aliphatic carbocycles. The fourth-order valence-corrected chi connectivity index (χ4v) is 3.59. The van der Waals surface area contributed by atoms with Crippen LogP contribution < -0.4 is 10.6 Å². The Morgan fingerprint density at radius 2 is 1.94 bits per heavy atom. The van der Waals surface area contributed by atoms with Crippen molar-refractivity contribution in [3.05, 3.63) is 0 Å². The van der Waals surface area contributed by atoms with Crippen molar-refractivity contribution in [1.29, 1.82) is 0 Å². The summed E-state index contributed by atoms with van der Waals surface area (Å²) < 4.78 is 5.38.